The number of nitrogens with one attached hydrogen (secondary N) is 1. The van der Waals surface area contributed by atoms with Gasteiger partial charge in [0.15, 0.2) is 5.43 Å². The molecule has 0 bridgehead atoms. The summed E-state index contributed by atoms with van der Waals surface area (Å²) in [7, 11) is 0. The van der Waals surface area contributed by atoms with Crippen LogP contribution in [0.25, 0.3) is 16.5 Å². The van der Waals surface area contributed by atoms with Crippen molar-refractivity contribution in [1.82, 2.24) is 5.32 Å². The van der Waals surface area contributed by atoms with Crippen molar-refractivity contribution in [3.05, 3.63) is 70.6 Å². The summed E-state index contributed by atoms with van der Waals surface area (Å²) in [6, 6.07) is 8.00. The second-order valence-electron chi connectivity index (χ2n) is 7.58. The molecule has 4 nitrogen and oxygen atoms in total. The lowest BCUT2D eigenvalue weighted by Gasteiger charge is -2.33. The van der Waals surface area contributed by atoms with Gasteiger partial charge in [-0.25, -0.2) is 0 Å². The molecule has 1 N–H and O–H groups in total. The minimum Gasteiger partial charge on any atom is -0.456 e. The lowest BCUT2D eigenvalue weighted by molar-refractivity contribution is 0.485. The molecular formula is C23H26N2O2. The van der Waals surface area contributed by atoms with Gasteiger partial charge in [0.05, 0.1) is 5.39 Å². The maximum atomic E-state index is 12.8. The maximum absolute atomic E-state index is 12.8. The molecule has 2 unspecified atom stereocenters. The van der Waals surface area contributed by atoms with E-state index in [1.807, 2.05) is 30.4 Å². The van der Waals surface area contributed by atoms with Gasteiger partial charge in [-0.3, -0.25) is 4.79 Å². The first-order chi connectivity index (χ1) is 13.1. The van der Waals surface area contributed by atoms with E-state index in [-0.39, 0.29) is 5.43 Å². The van der Waals surface area contributed by atoms with Crippen LogP contribution in [-0.4, -0.2) is 25.7 Å². The van der Waals surface area contributed by atoms with E-state index < -0.39 is 0 Å². The average molecular weight is 362 g/mol. The van der Waals surface area contributed by atoms with Gasteiger partial charge < -0.3 is 14.6 Å². The molecule has 1 aromatic heterocycles. The molecule has 0 amide bonds. The molecule has 27 heavy (non-hydrogen) atoms. The molecule has 1 saturated heterocycles. The fraction of sp³-hybridized carbons (Fsp3) is 0.348. The number of benzene rings is 1. The summed E-state index contributed by atoms with van der Waals surface area (Å²) >= 11 is 0. The zero-order valence-corrected chi connectivity index (χ0v) is 15.9. The van der Waals surface area contributed by atoms with Gasteiger partial charge in [0.1, 0.15) is 11.3 Å². The molecule has 140 valence electrons. The molecule has 1 aliphatic heterocycles. The van der Waals surface area contributed by atoms with Crippen molar-refractivity contribution in [2.45, 2.75) is 26.3 Å². The molecule has 2 atom stereocenters. The number of anilines is 1. The number of hydrogen-bond acceptors (Lipinski definition) is 4. The van der Waals surface area contributed by atoms with E-state index in [9.17, 15) is 4.79 Å². The first kappa shape index (κ1) is 17.8. The third-order valence-electron chi connectivity index (χ3n) is 5.25. The quantitative estimate of drug-likeness (QED) is 0.873. The third-order valence-corrected chi connectivity index (χ3v) is 5.25. The largest absolute Gasteiger partial charge is 0.456 e. The Labute approximate surface area is 159 Å². The number of allylic oxidation sites excluding steroid dienone is 6. The summed E-state index contributed by atoms with van der Waals surface area (Å²) in [4.78, 5) is 15.1. The SMILES string of the molecule is CC1C=CC=C(c2cc(=O)c3cc(N4CCNC(C)C4)ccc3o2)C=CC1. The Hall–Kier alpha value is -2.59. The summed E-state index contributed by atoms with van der Waals surface area (Å²) in [6.07, 6.45) is 11.4. The van der Waals surface area contributed by atoms with E-state index in [4.69, 9.17) is 4.42 Å². The number of fused-ring (bicyclic) bond motifs is 1. The van der Waals surface area contributed by atoms with E-state index in [1.54, 1.807) is 6.07 Å². The van der Waals surface area contributed by atoms with E-state index in [0.717, 1.165) is 37.3 Å². The van der Waals surface area contributed by atoms with Crippen LogP contribution in [0, 0.1) is 5.92 Å². The van der Waals surface area contributed by atoms with Crippen molar-refractivity contribution in [1.29, 1.82) is 0 Å². The van der Waals surface area contributed by atoms with Gasteiger partial charge in [-0.15, -0.1) is 0 Å². The van der Waals surface area contributed by atoms with Crippen LogP contribution in [0.15, 0.2) is 63.9 Å². The Balaban J connectivity index is 1.70. The highest BCUT2D eigenvalue weighted by Crippen LogP contribution is 2.25. The van der Waals surface area contributed by atoms with Crippen molar-refractivity contribution >= 4 is 22.2 Å². The molecular weight excluding hydrogens is 336 g/mol. The first-order valence-electron chi connectivity index (χ1n) is 9.72. The zero-order chi connectivity index (χ0) is 18.8. The minimum atomic E-state index is 0.00462. The zero-order valence-electron chi connectivity index (χ0n) is 15.9. The van der Waals surface area contributed by atoms with Gasteiger partial charge in [-0.1, -0.05) is 37.3 Å². The van der Waals surface area contributed by atoms with Crippen LogP contribution < -0.4 is 15.6 Å². The van der Waals surface area contributed by atoms with Gasteiger partial charge in [0.2, 0.25) is 0 Å². The average Bonchev–Trinajstić information content (AvgIpc) is 2.64. The number of nitrogens with zero attached hydrogens (tertiary/aromatic N) is 1. The lowest BCUT2D eigenvalue weighted by Crippen LogP contribution is -2.49. The van der Waals surface area contributed by atoms with Gasteiger partial charge in [0, 0.05) is 43.0 Å². The smallest absolute Gasteiger partial charge is 0.193 e. The van der Waals surface area contributed by atoms with Crippen LogP contribution >= 0.6 is 0 Å². The number of rotatable bonds is 2. The Bertz CT molecular complexity index is 984. The van der Waals surface area contributed by atoms with Crippen molar-refractivity contribution < 1.29 is 4.42 Å². The summed E-state index contributed by atoms with van der Waals surface area (Å²) in [6.45, 7) is 7.21. The first-order valence-corrected chi connectivity index (χ1v) is 9.72. The summed E-state index contributed by atoms with van der Waals surface area (Å²) < 4.78 is 6.08. The monoisotopic (exact) mass is 362 g/mol. The number of piperazine rings is 1. The van der Waals surface area contributed by atoms with Crippen molar-refractivity contribution in [2.75, 3.05) is 24.5 Å². The van der Waals surface area contributed by atoms with E-state index >= 15 is 0 Å². The Morgan fingerprint density at radius 1 is 1.22 bits per heavy atom. The second kappa shape index (κ2) is 7.57. The number of hydrogen-bond donors (Lipinski definition) is 1. The Morgan fingerprint density at radius 3 is 2.96 bits per heavy atom. The molecule has 0 spiro atoms. The summed E-state index contributed by atoms with van der Waals surface area (Å²) in [5, 5.41) is 4.09. The second-order valence-corrected chi connectivity index (χ2v) is 7.58. The van der Waals surface area contributed by atoms with Crippen LogP contribution in [0.2, 0.25) is 0 Å². The molecule has 2 aliphatic rings. The molecule has 1 fully saturated rings. The van der Waals surface area contributed by atoms with E-state index in [2.05, 4.69) is 42.3 Å². The molecule has 1 aromatic carbocycles. The highest BCUT2D eigenvalue weighted by atomic mass is 16.3. The molecule has 0 saturated carbocycles. The van der Waals surface area contributed by atoms with Crippen LogP contribution in [0.1, 0.15) is 26.0 Å². The molecule has 1 aliphatic carbocycles. The Kier molecular flexibility index (Phi) is 4.99. The molecule has 0 radical (unpaired) electrons. The third kappa shape index (κ3) is 3.91. The lowest BCUT2D eigenvalue weighted by atomic mass is 10.0. The molecule has 2 heterocycles. The van der Waals surface area contributed by atoms with E-state index in [0.29, 0.717) is 28.7 Å². The molecule has 2 aromatic rings. The standard InChI is InChI=1S/C23H26N2O2/c1-16-5-3-7-18(8-4-6-16)23-14-21(26)20-13-19(9-10-22(20)27-23)25-12-11-24-17(2)15-25/h3-5,7-10,13-14,16-17,24H,6,11-12,15H2,1-2H3. The van der Waals surface area contributed by atoms with Crippen molar-refractivity contribution in [3.63, 3.8) is 0 Å². The van der Waals surface area contributed by atoms with Crippen molar-refractivity contribution in [3.8, 4) is 0 Å². The predicted molar refractivity (Wildman–Crippen MR) is 112 cm³/mol. The van der Waals surface area contributed by atoms with Gasteiger partial charge in [0.25, 0.3) is 0 Å². The fourth-order valence-electron chi connectivity index (χ4n) is 3.71. The van der Waals surface area contributed by atoms with Gasteiger partial charge in [-0.2, -0.15) is 0 Å². The van der Waals surface area contributed by atoms with Gasteiger partial charge >= 0.3 is 0 Å². The highest BCUT2D eigenvalue weighted by Gasteiger charge is 2.17. The van der Waals surface area contributed by atoms with Gasteiger partial charge in [-0.05, 0) is 37.5 Å². The summed E-state index contributed by atoms with van der Waals surface area (Å²) in [5.74, 6) is 1.14. The van der Waals surface area contributed by atoms with Crippen molar-refractivity contribution in [2.24, 2.45) is 5.92 Å². The summed E-state index contributed by atoms with van der Waals surface area (Å²) in [5.41, 5.74) is 2.65. The molecule has 4 heteroatoms. The van der Waals surface area contributed by atoms with Crippen LogP contribution in [0.3, 0.4) is 0 Å². The maximum Gasteiger partial charge on any atom is 0.193 e. The Morgan fingerprint density at radius 2 is 2.11 bits per heavy atom. The molecule has 4 rings (SSSR count). The van der Waals surface area contributed by atoms with Crippen LogP contribution in [0.5, 0.6) is 0 Å². The van der Waals surface area contributed by atoms with E-state index in [1.165, 1.54) is 0 Å². The van der Waals surface area contributed by atoms with Crippen LogP contribution in [0.4, 0.5) is 5.69 Å². The topological polar surface area (TPSA) is 45.5 Å². The predicted octanol–water partition coefficient (Wildman–Crippen LogP) is 4.13. The highest BCUT2D eigenvalue weighted by molar-refractivity contribution is 5.83. The fourth-order valence-corrected chi connectivity index (χ4v) is 3.71. The van der Waals surface area contributed by atoms with Crippen LogP contribution in [-0.2, 0) is 0 Å². The normalized spacial score (nSPS) is 23.2. The minimum absolute atomic E-state index is 0.00462.